The summed E-state index contributed by atoms with van der Waals surface area (Å²) in [5, 5.41) is 3.16. The average molecular weight is 504 g/mol. The van der Waals surface area contributed by atoms with Gasteiger partial charge < -0.3 is 15.0 Å². The van der Waals surface area contributed by atoms with Crippen molar-refractivity contribution in [3.05, 3.63) is 96.1 Å². The minimum Gasteiger partial charge on any atom is -0.379 e. The van der Waals surface area contributed by atoms with Gasteiger partial charge in [0.2, 0.25) is 0 Å². The number of carbonyl (C=O) groups is 1. The Hall–Kier alpha value is -2.80. The second-order valence-electron chi connectivity index (χ2n) is 8.99. The molecule has 1 aliphatic heterocycles. The standard InChI is InChI=1S/C30H37N3O2S/c1-2-36-28-15-9-14-27(24-28)31-30(34)33(19-18-32-20-22-35-23-21-32)17-16-29(25-10-5-3-6-11-25)26-12-7-4-8-13-26/h3-15,24,29H,2,16-23H2,1H3,(H,31,34). The molecule has 1 N–H and O–H groups in total. The van der Waals surface area contributed by atoms with Gasteiger partial charge in [-0.15, -0.1) is 11.8 Å². The number of carbonyl (C=O) groups excluding carboxylic acids is 1. The van der Waals surface area contributed by atoms with Crippen LogP contribution < -0.4 is 5.32 Å². The van der Waals surface area contributed by atoms with Crippen molar-refractivity contribution in [3.63, 3.8) is 0 Å². The number of benzene rings is 3. The fourth-order valence-electron chi connectivity index (χ4n) is 4.62. The number of ether oxygens (including phenoxy) is 1. The summed E-state index contributed by atoms with van der Waals surface area (Å²) >= 11 is 1.78. The van der Waals surface area contributed by atoms with Crippen LogP contribution in [0.15, 0.2) is 89.8 Å². The Kier molecular flexibility index (Phi) is 10.3. The van der Waals surface area contributed by atoms with Crippen molar-refractivity contribution >= 4 is 23.5 Å². The summed E-state index contributed by atoms with van der Waals surface area (Å²) in [6.45, 7) is 7.71. The SMILES string of the molecule is CCSc1cccc(NC(=O)N(CCC(c2ccccc2)c2ccccc2)CCN2CCOCC2)c1. The Labute approximate surface area is 219 Å². The van der Waals surface area contributed by atoms with Crippen molar-refractivity contribution in [3.8, 4) is 0 Å². The van der Waals surface area contributed by atoms with Gasteiger partial charge in [0.15, 0.2) is 0 Å². The highest BCUT2D eigenvalue weighted by atomic mass is 32.2. The van der Waals surface area contributed by atoms with Gasteiger partial charge in [-0.1, -0.05) is 73.7 Å². The predicted octanol–water partition coefficient (Wildman–Crippen LogP) is 6.19. The topological polar surface area (TPSA) is 44.8 Å². The van der Waals surface area contributed by atoms with Gasteiger partial charge in [0.1, 0.15) is 0 Å². The number of hydrogen-bond donors (Lipinski definition) is 1. The molecule has 5 nitrogen and oxygen atoms in total. The third-order valence-electron chi connectivity index (χ3n) is 6.56. The van der Waals surface area contributed by atoms with Crippen molar-refractivity contribution in [1.82, 2.24) is 9.80 Å². The largest absolute Gasteiger partial charge is 0.379 e. The van der Waals surface area contributed by atoms with E-state index in [1.807, 2.05) is 17.0 Å². The van der Waals surface area contributed by atoms with Gasteiger partial charge >= 0.3 is 6.03 Å². The summed E-state index contributed by atoms with van der Waals surface area (Å²) in [5.74, 6) is 1.24. The minimum atomic E-state index is -0.0400. The van der Waals surface area contributed by atoms with Crippen molar-refractivity contribution in [1.29, 1.82) is 0 Å². The number of nitrogens with one attached hydrogen (secondary N) is 1. The third-order valence-corrected chi connectivity index (χ3v) is 7.44. The minimum absolute atomic E-state index is 0.0400. The first kappa shape index (κ1) is 26.3. The van der Waals surface area contributed by atoms with Crippen LogP contribution in [0.25, 0.3) is 0 Å². The number of rotatable bonds is 11. The lowest BCUT2D eigenvalue weighted by atomic mass is 9.88. The molecule has 6 heteroatoms. The Morgan fingerprint density at radius 3 is 2.25 bits per heavy atom. The number of nitrogens with zero attached hydrogens (tertiary/aromatic N) is 2. The predicted molar refractivity (Wildman–Crippen MR) is 150 cm³/mol. The highest BCUT2D eigenvalue weighted by Gasteiger charge is 2.21. The third kappa shape index (κ3) is 7.85. The molecule has 1 aliphatic rings. The van der Waals surface area contributed by atoms with E-state index < -0.39 is 0 Å². The first-order chi connectivity index (χ1) is 17.7. The Bertz CT molecular complexity index is 1020. The Morgan fingerprint density at radius 2 is 1.61 bits per heavy atom. The van der Waals surface area contributed by atoms with Crippen molar-refractivity contribution in [2.45, 2.75) is 24.2 Å². The van der Waals surface area contributed by atoms with Crippen LogP contribution in [0.1, 0.15) is 30.4 Å². The normalized spacial score (nSPS) is 14.1. The number of hydrogen-bond acceptors (Lipinski definition) is 4. The van der Waals surface area contributed by atoms with Gasteiger partial charge in [-0.05, 0) is 41.5 Å². The zero-order valence-corrected chi connectivity index (χ0v) is 22.0. The van der Waals surface area contributed by atoms with Gasteiger partial charge in [-0.2, -0.15) is 0 Å². The maximum absolute atomic E-state index is 13.5. The van der Waals surface area contributed by atoms with Crippen LogP contribution in [0.5, 0.6) is 0 Å². The number of morpholine rings is 1. The molecule has 1 saturated heterocycles. The van der Waals surface area contributed by atoms with Crippen LogP contribution in [0, 0.1) is 0 Å². The van der Waals surface area contributed by atoms with Crippen LogP contribution >= 0.6 is 11.8 Å². The van der Waals surface area contributed by atoms with Crippen molar-refractivity contribution < 1.29 is 9.53 Å². The molecule has 0 radical (unpaired) electrons. The fourth-order valence-corrected chi connectivity index (χ4v) is 5.33. The van der Waals surface area contributed by atoms with Crippen LogP contribution in [-0.4, -0.2) is 67.5 Å². The highest BCUT2D eigenvalue weighted by molar-refractivity contribution is 7.99. The molecule has 3 aromatic carbocycles. The molecular formula is C30H37N3O2S. The quantitative estimate of drug-likeness (QED) is 0.317. The van der Waals surface area contributed by atoms with Crippen LogP contribution in [0.2, 0.25) is 0 Å². The molecule has 0 aliphatic carbocycles. The zero-order valence-electron chi connectivity index (χ0n) is 21.1. The van der Waals surface area contributed by atoms with Crippen LogP contribution in [0.3, 0.4) is 0 Å². The van der Waals surface area contributed by atoms with E-state index in [4.69, 9.17) is 4.74 Å². The van der Waals surface area contributed by atoms with E-state index in [9.17, 15) is 4.79 Å². The molecular weight excluding hydrogens is 466 g/mol. The van der Waals surface area contributed by atoms with E-state index in [0.29, 0.717) is 13.1 Å². The molecule has 2 amide bonds. The number of urea groups is 1. The Morgan fingerprint density at radius 1 is 0.944 bits per heavy atom. The van der Waals surface area contributed by atoms with E-state index in [1.165, 1.54) is 16.0 Å². The van der Waals surface area contributed by atoms with Gasteiger partial charge in [0.25, 0.3) is 0 Å². The van der Waals surface area contributed by atoms with E-state index in [2.05, 4.69) is 89.9 Å². The van der Waals surface area contributed by atoms with E-state index >= 15 is 0 Å². The van der Waals surface area contributed by atoms with Crippen LogP contribution in [0.4, 0.5) is 10.5 Å². The van der Waals surface area contributed by atoms with Gasteiger partial charge in [0, 0.05) is 49.2 Å². The maximum atomic E-state index is 13.5. The maximum Gasteiger partial charge on any atom is 0.321 e. The lowest BCUT2D eigenvalue weighted by Crippen LogP contribution is -2.44. The lowest BCUT2D eigenvalue weighted by Gasteiger charge is -2.31. The molecule has 0 aromatic heterocycles. The molecule has 4 rings (SSSR count). The first-order valence-corrected chi connectivity index (χ1v) is 13.9. The molecule has 0 bridgehead atoms. The smallest absolute Gasteiger partial charge is 0.321 e. The molecule has 0 unspecified atom stereocenters. The Balaban J connectivity index is 1.48. The number of amides is 2. The van der Waals surface area contributed by atoms with Gasteiger partial charge in [0.05, 0.1) is 13.2 Å². The highest BCUT2D eigenvalue weighted by Crippen LogP contribution is 2.28. The number of thioether (sulfide) groups is 1. The molecule has 36 heavy (non-hydrogen) atoms. The molecule has 1 fully saturated rings. The monoisotopic (exact) mass is 503 g/mol. The van der Waals surface area contributed by atoms with E-state index in [-0.39, 0.29) is 11.9 Å². The number of anilines is 1. The molecule has 0 atom stereocenters. The van der Waals surface area contributed by atoms with Crippen LogP contribution in [-0.2, 0) is 4.74 Å². The fraction of sp³-hybridized carbons (Fsp3) is 0.367. The van der Waals surface area contributed by atoms with Crippen molar-refractivity contribution in [2.75, 3.05) is 57.0 Å². The molecule has 0 saturated carbocycles. The van der Waals surface area contributed by atoms with Crippen molar-refractivity contribution in [2.24, 2.45) is 0 Å². The molecule has 3 aromatic rings. The second-order valence-corrected chi connectivity index (χ2v) is 10.3. The lowest BCUT2D eigenvalue weighted by molar-refractivity contribution is 0.0351. The van der Waals surface area contributed by atoms with E-state index in [1.54, 1.807) is 11.8 Å². The summed E-state index contributed by atoms with van der Waals surface area (Å²) in [6.07, 6.45) is 0.857. The first-order valence-electron chi connectivity index (χ1n) is 12.9. The summed E-state index contributed by atoms with van der Waals surface area (Å²) < 4.78 is 5.50. The average Bonchev–Trinajstić information content (AvgIpc) is 2.92. The molecule has 0 spiro atoms. The zero-order chi connectivity index (χ0) is 25.0. The molecule has 190 valence electrons. The molecule has 1 heterocycles. The van der Waals surface area contributed by atoms with Gasteiger partial charge in [-0.3, -0.25) is 4.90 Å². The van der Waals surface area contributed by atoms with E-state index in [0.717, 1.165) is 50.7 Å². The summed E-state index contributed by atoms with van der Waals surface area (Å²) in [6, 6.07) is 29.3. The summed E-state index contributed by atoms with van der Waals surface area (Å²) in [4.78, 5) is 19.0. The second kappa shape index (κ2) is 14.1. The summed E-state index contributed by atoms with van der Waals surface area (Å²) in [5.41, 5.74) is 3.40. The summed E-state index contributed by atoms with van der Waals surface area (Å²) in [7, 11) is 0. The van der Waals surface area contributed by atoms with Gasteiger partial charge in [-0.25, -0.2) is 4.79 Å².